The van der Waals surface area contributed by atoms with Crippen molar-refractivity contribution in [2.24, 2.45) is 5.73 Å². The van der Waals surface area contributed by atoms with E-state index in [1.165, 1.54) is 0 Å². The average Bonchev–Trinajstić information content (AvgIpc) is 2.03. The van der Waals surface area contributed by atoms with E-state index in [0.29, 0.717) is 0 Å². The van der Waals surface area contributed by atoms with Gasteiger partial charge in [-0.2, -0.15) is 0 Å². The van der Waals surface area contributed by atoms with E-state index >= 15 is 0 Å². The van der Waals surface area contributed by atoms with E-state index in [2.05, 4.69) is 34.2 Å². The van der Waals surface area contributed by atoms with Gasteiger partial charge in [0.2, 0.25) is 0 Å². The lowest BCUT2D eigenvalue weighted by Gasteiger charge is -2.04. The van der Waals surface area contributed by atoms with Gasteiger partial charge < -0.3 is 5.73 Å². The first-order chi connectivity index (χ1) is 5.24. The molecule has 0 aliphatic heterocycles. The first kappa shape index (κ1) is 8.67. The van der Waals surface area contributed by atoms with Crippen molar-refractivity contribution in [3.05, 3.63) is 40.2 Å². The Hall–Kier alpha value is -0.420. The molecule has 2 nitrogen and oxygen atoms in total. The summed E-state index contributed by atoms with van der Waals surface area (Å²) in [5.74, 6) is 0. The molecule has 0 amide bonds. The van der Waals surface area contributed by atoms with Crippen molar-refractivity contribution in [2.45, 2.75) is 6.04 Å². The Labute approximate surface area is 79.7 Å². The minimum Gasteiger partial charge on any atom is -0.319 e. The van der Waals surface area contributed by atoms with Crippen LogP contribution in [0.5, 0.6) is 0 Å². The molecule has 1 aromatic heterocycles. The van der Waals surface area contributed by atoms with E-state index in [9.17, 15) is 0 Å². The second-order valence-electron chi connectivity index (χ2n) is 2.15. The summed E-state index contributed by atoms with van der Waals surface area (Å²) in [7, 11) is 0. The Morgan fingerprint density at radius 2 is 2.36 bits per heavy atom. The summed E-state index contributed by atoms with van der Waals surface area (Å²) in [5.41, 5.74) is 6.55. The van der Waals surface area contributed by atoms with Gasteiger partial charge in [0.15, 0.2) is 0 Å². The molecule has 3 heteroatoms. The van der Waals surface area contributed by atoms with Gasteiger partial charge in [0.05, 0.1) is 11.7 Å². The molecule has 0 spiro atoms. The largest absolute Gasteiger partial charge is 0.319 e. The topological polar surface area (TPSA) is 38.9 Å². The maximum atomic E-state index is 5.68. The predicted molar refractivity (Wildman–Crippen MR) is 54.1 cm³/mol. The Balaban J connectivity index is 2.95. The highest BCUT2D eigenvalue weighted by Crippen LogP contribution is 2.09. The molecule has 0 bridgehead atoms. The van der Waals surface area contributed by atoms with Gasteiger partial charge in [-0.25, -0.2) is 4.98 Å². The van der Waals surface area contributed by atoms with Crippen LogP contribution in [0.2, 0.25) is 0 Å². The summed E-state index contributed by atoms with van der Waals surface area (Å²) in [6.07, 6.45) is 1.68. The summed E-state index contributed by atoms with van der Waals surface area (Å²) in [5, 5.41) is 0. The minimum absolute atomic E-state index is 0.148. The van der Waals surface area contributed by atoms with E-state index in [0.717, 1.165) is 9.39 Å². The van der Waals surface area contributed by atoms with Gasteiger partial charge >= 0.3 is 0 Å². The molecule has 1 aromatic rings. The summed E-state index contributed by atoms with van der Waals surface area (Å²) < 4.78 is 0.956. The Morgan fingerprint density at radius 1 is 1.64 bits per heavy atom. The molecule has 58 valence electrons. The van der Waals surface area contributed by atoms with E-state index in [1.807, 2.05) is 18.2 Å². The zero-order chi connectivity index (χ0) is 8.27. The van der Waals surface area contributed by atoms with Crippen LogP contribution in [0, 0.1) is 3.70 Å². The van der Waals surface area contributed by atoms with Crippen molar-refractivity contribution in [3.8, 4) is 0 Å². The van der Waals surface area contributed by atoms with E-state index in [4.69, 9.17) is 5.73 Å². The molecule has 0 fully saturated rings. The van der Waals surface area contributed by atoms with E-state index in [-0.39, 0.29) is 6.04 Å². The SMILES string of the molecule is C=C[C@@H](N)c1cccc(I)n1. The molecule has 0 saturated carbocycles. The predicted octanol–water partition coefficient (Wildman–Crippen LogP) is 1.87. The van der Waals surface area contributed by atoms with E-state index in [1.54, 1.807) is 6.08 Å². The first-order valence-corrected chi connectivity index (χ1v) is 4.32. The van der Waals surface area contributed by atoms with Gasteiger partial charge in [-0.1, -0.05) is 12.1 Å². The summed E-state index contributed by atoms with van der Waals surface area (Å²) >= 11 is 2.15. The molecule has 1 atom stereocenters. The monoisotopic (exact) mass is 260 g/mol. The van der Waals surface area contributed by atoms with Gasteiger partial charge in [0.25, 0.3) is 0 Å². The molecule has 0 aliphatic rings. The Morgan fingerprint density at radius 3 is 2.91 bits per heavy atom. The van der Waals surface area contributed by atoms with Crippen LogP contribution in [0.25, 0.3) is 0 Å². The van der Waals surface area contributed by atoms with Crippen LogP contribution in [-0.2, 0) is 0 Å². The molecule has 2 N–H and O–H groups in total. The lowest BCUT2D eigenvalue weighted by molar-refractivity contribution is 0.858. The first-order valence-electron chi connectivity index (χ1n) is 3.24. The zero-order valence-electron chi connectivity index (χ0n) is 6.00. The number of nitrogens with zero attached hydrogens (tertiary/aromatic N) is 1. The van der Waals surface area contributed by atoms with Crippen molar-refractivity contribution in [2.75, 3.05) is 0 Å². The standard InChI is InChI=1S/C8H9IN2/c1-2-6(10)7-4-3-5-8(9)11-7/h2-6H,1,10H2/t6-/m1/s1. The maximum absolute atomic E-state index is 5.68. The number of halogens is 1. The zero-order valence-corrected chi connectivity index (χ0v) is 8.15. The fourth-order valence-corrected chi connectivity index (χ4v) is 1.22. The molecule has 0 aliphatic carbocycles. The highest BCUT2D eigenvalue weighted by molar-refractivity contribution is 14.1. The van der Waals surface area contributed by atoms with Crippen molar-refractivity contribution in [3.63, 3.8) is 0 Å². The Bertz CT molecular complexity index is 260. The van der Waals surface area contributed by atoms with Crippen LogP contribution in [0.3, 0.4) is 0 Å². The lowest BCUT2D eigenvalue weighted by Crippen LogP contribution is -2.08. The van der Waals surface area contributed by atoms with Gasteiger partial charge in [-0.05, 0) is 34.7 Å². The number of hydrogen-bond donors (Lipinski definition) is 1. The van der Waals surface area contributed by atoms with Gasteiger partial charge in [0, 0.05) is 0 Å². The van der Waals surface area contributed by atoms with Crippen molar-refractivity contribution < 1.29 is 0 Å². The minimum atomic E-state index is -0.148. The number of nitrogens with two attached hydrogens (primary N) is 1. The highest BCUT2D eigenvalue weighted by atomic mass is 127. The van der Waals surface area contributed by atoms with Crippen LogP contribution < -0.4 is 5.73 Å². The second-order valence-corrected chi connectivity index (χ2v) is 3.25. The molecular formula is C8H9IN2. The molecular weight excluding hydrogens is 251 g/mol. The van der Waals surface area contributed by atoms with Crippen LogP contribution in [0.15, 0.2) is 30.9 Å². The number of rotatable bonds is 2. The molecule has 0 radical (unpaired) electrons. The molecule has 11 heavy (non-hydrogen) atoms. The highest BCUT2D eigenvalue weighted by Gasteiger charge is 2.01. The van der Waals surface area contributed by atoms with Gasteiger partial charge in [-0.3, -0.25) is 0 Å². The molecule has 1 heterocycles. The third-order valence-electron chi connectivity index (χ3n) is 1.33. The Kier molecular flexibility index (Phi) is 3.02. The lowest BCUT2D eigenvalue weighted by atomic mass is 10.2. The van der Waals surface area contributed by atoms with Gasteiger partial charge in [-0.15, -0.1) is 6.58 Å². The van der Waals surface area contributed by atoms with Crippen molar-refractivity contribution in [1.82, 2.24) is 4.98 Å². The molecule has 0 saturated heterocycles. The van der Waals surface area contributed by atoms with Crippen LogP contribution >= 0.6 is 22.6 Å². The molecule has 1 rings (SSSR count). The number of pyridine rings is 1. The van der Waals surface area contributed by atoms with Crippen LogP contribution in [-0.4, -0.2) is 4.98 Å². The third kappa shape index (κ3) is 2.27. The smallest absolute Gasteiger partial charge is 0.101 e. The fourth-order valence-electron chi connectivity index (χ4n) is 0.730. The van der Waals surface area contributed by atoms with Gasteiger partial charge in [0.1, 0.15) is 3.70 Å². The van der Waals surface area contributed by atoms with Crippen LogP contribution in [0.4, 0.5) is 0 Å². The fraction of sp³-hybridized carbons (Fsp3) is 0.125. The third-order valence-corrected chi connectivity index (χ3v) is 1.93. The maximum Gasteiger partial charge on any atom is 0.101 e. The molecule has 0 unspecified atom stereocenters. The van der Waals surface area contributed by atoms with Crippen LogP contribution in [0.1, 0.15) is 11.7 Å². The average molecular weight is 260 g/mol. The van der Waals surface area contributed by atoms with Crippen molar-refractivity contribution in [1.29, 1.82) is 0 Å². The van der Waals surface area contributed by atoms with Crippen molar-refractivity contribution >= 4 is 22.6 Å². The van der Waals surface area contributed by atoms with E-state index < -0.39 is 0 Å². The summed E-state index contributed by atoms with van der Waals surface area (Å²) in [4.78, 5) is 4.23. The normalized spacial score (nSPS) is 12.5. The summed E-state index contributed by atoms with van der Waals surface area (Å²) in [6, 6.07) is 5.62. The molecule has 0 aromatic carbocycles. The quantitative estimate of drug-likeness (QED) is 0.501. The second kappa shape index (κ2) is 3.82. The number of aromatic nitrogens is 1. The number of hydrogen-bond acceptors (Lipinski definition) is 2. The summed E-state index contributed by atoms with van der Waals surface area (Å²) in [6.45, 7) is 3.60.